The van der Waals surface area contributed by atoms with E-state index in [0.717, 1.165) is 23.4 Å². The number of ether oxygens (including phenoxy) is 1. The maximum atomic E-state index is 12.0. The van der Waals surface area contributed by atoms with E-state index in [9.17, 15) is 9.59 Å². The molecule has 1 aromatic heterocycles. The molecule has 1 heterocycles. The number of benzene rings is 1. The molecule has 0 saturated carbocycles. The van der Waals surface area contributed by atoms with Gasteiger partial charge in [-0.3, -0.25) is 14.2 Å². The molecule has 0 aliphatic carbocycles. The number of carbonyl (C=O) groups is 1. The number of nitrogens with zero attached hydrogens (tertiary/aromatic N) is 2. The molecule has 0 radical (unpaired) electrons. The molecule has 128 valence electrons. The highest BCUT2D eigenvalue weighted by Gasteiger charge is 2.07. The van der Waals surface area contributed by atoms with Crippen molar-refractivity contribution in [3.05, 3.63) is 58.3 Å². The summed E-state index contributed by atoms with van der Waals surface area (Å²) in [7, 11) is 1.62. The van der Waals surface area contributed by atoms with E-state index in [1.54, 1.807) is 7.11 Å². The summed E-state index contributed by atoms with van der Waals surface area (Å²) >= 11 is 0. The first-order valence-corrected chi connectivity index (χ1v) is 7.95. The van der Waals surface area contributed by atoms with E-state index < -0.39 is 0 Å². The normalized spacial score (nSPS) is 10.7. The summed E-state index contributed by atoms with van der Waals surface area (Å²) in [6, 6.07) is 9.18. The molecule has 2 aromatic rings. The Kier molecular flexibility index (Phi) is 6.12. The zero-order valence-electron chi connectivity index (χ0n) is 14.3. The molecule has 1 N–H and O–H groups in total. The zero-order chi connectivity index (χ0) is 17.5. The predicted molar refractivity (Wildman–Crippen MR) is 92.3 cm³/mol. The number of rotatable bonds is 7. The van der Waals surface area contributed by atoms with Crippen LogP contribution in [0.2, 0.25) is 0 Å². The van der Waals surface area contributed by atoms with Crippen molar-refractivity contribution in [1.82, 2.24) is 14.9 Å². The summed E-state index contributed by atoms with van der Waals surface area (Å²) < 4.78 is 6.42. The topological polar surface area (TPSA) is 73.2 Å². The Bertz CT molecular complexity index is 736. The predicted octanol–water partition coefficient (Wildman–Crippen LogP) is 1.73. The third-order valence-electron chi connectivity index (χ3n) is 3.70. The summed E-state index contributed by atoms with van der Waals surface area (Å²) in [6.45, 7) is 4.43. The van der Waals surface area contributed by atoms with Gasteiger partial charge in [-0.15, -0.1) is 0 Å². The molecule has 1 amide bonds. The first-order valence-electron chi connectivity index (χ1n) is 7.95. The van der Waals surface area contributed by atoms with Crippen LogP contribution >= 0.6 is 0 Å². The number of aromatic nitrogens is 2. The third kappa shape index (κ3) is 4.94. The Morgan fingerprint density at radius 2 is 2.00 bits per heavy atom. The fraction of sp³-hybridized carbons (Fsp3) is 0.389. The largest absolute Gasteiger partial charge is 0.497 e. The highest BCUT2D eigenvalue weighted by molar-refractivity contribution is 5.75. The van der Waals surface area contributed by atoms with Gasteiger partial charge in [-0.25, -0.2) is 4.98 Å². The van der Waals surface area contributed by atoms with E-state index in [1.807, 2.05) is 38.1 Å². The molecule has 1 aromatic carbocycles. The summed E-state index contributed by atoms with van der Waals surface area (Å²) in [5.41, 5.74) is 1.63. The molecule has 0 aliphatic rings. The molecule has 2 rings (SSSR count). The number of hydrogen-bond acceptors (Lipinski definition) is 4. The Morgan fingerprint density at radius 1 is 1.29 bits per heavy atom. The molecule has 0 atom stereocenters. The maximum absolute atomic E-state index is 12.0. The number of carbonyl (C=O) groups excluding carboxylic acids is 1. The van der Waals surface area contributed by atoms with Crippen molar-refractivity contribution in [1.29, 1.82) is 0 Å². The van der Waals surface area contributed by atoms with Crippen molar-refractivity contribution >= 4 is 5.91 Å². The van der Waals surface area contributed by atoms with Gasteiger partial charge in [0.15, 0.2) is 0 Å². The molecular formula is C18H23N3O3. The van der Waals surface area contributed by atoms with Crippen molar-refractivity contribution < 1.29 is 9.53 Å². The Hall–Kier alpha value is -2.63. The Labute approximate surface area is 141 Å². The second-order valence-electron chi connectivity index (χ2n) is 5.88. The molecule has 24 heavy (non-hydrogen) atoms. The van der Waals surface area contributed by atoms with E-state index in [2.05, 4.69) is 10.3 Å². The lowest BCUT2D eigenvalue weighted by Gasteiger charge is -2.09. The van der Waals surface area contributed by atoms with Crippen molar-refractivity contribution in [3.63, 3.8) is 0 Å². The van der Waals surface area contributed by atoms with Crippen LogP contribution in [0.15, 0.2) is 41.5 Å². The molecule has 0 aliphatic heterocycles. The van der Waals surface area contributed by atoms with Crippen LogP contribution in [0.3, 0.4) is 0 Å². The summed E-state index contributed by atoms with van der Waals surface area (Å²) in [5.74, 6) is 0.787. The van der Waals surface area contributed by atoms with Gasteiger partial charge >= 0.3 is 0 Å². The average Bonchev–Trinajstić information content (AvgIpc) is 2.57. The van der Waals surface area contributed by atoms with Crippen LogP contribution in [-0.2, 0) is 17.8 Å². The Morgan fingerprint density at radius 3 is 2.58 bits per heavy atom. The van der Waals surface area contributed by atoms with Gasteiger partial charge in [-0.05, 0) is 30.0 Å². The third-order valence-corrected chi connectivity index (χ3v) is 3.70. The highest BCUT2D eigenvalue weighted by Crippen LogP contribution is 2.11. The minimum absolute atomic E-state index is 0.0210. The van der Waals surface area contributed by atoms with E-state index in [-0.39, 0.29) is 23.9 Å². The summed E-state index contributed by atoms with van der Waals surface area (Å²) in [4.78, 5) is 28.1. The van der Waals surface area contributed by atoms with Crippen LogP contribution in [0.5, 0.6) is 5.75 Å². The first-order chi connectivity index (χ1) is 11.5. The minimum Gasteiger partial charge on any atom is -0.497 e. The monoisotopic (exact) mass is 329 g/mol. The van der Waals surface area contributed by atoms with Gasteiger partial charge in [0.1, 0.15) is 12.3 Å². The summed E-state index contributed by atoms with van der Waals surface area (Å²) in [5, 5.41) is 2.82. The number of methoxy groups -OCH3 is 1. The Balaban J connectivity index is 1.83. The molecule has 0 fully saturated rings. The minimum atomic E-state index is -0.209. The summed E-state index contributed by atoms with van der Waals surface area (Å²) in [6.07, 6.45) is 2.15. The maximum Gasteiger partial charge on any atom is 0.254 e. The van der Waals surface area contributed by atoms with Crippen LogP contribution in [-0.4, -0.2) is 29.1 Å². The van der Waals surface area contributed by atoms with Crippen molar-refractivity contribution in [3.8, 4) is 5.75 Å². The first kappa shape index (κ1) is 17.7. The molecule has 6 nitrogen and oxygen atoms in total. The average molecular weight is 329 g/mol. The zero-order valence-corrected chi connectivity index (χ0v) is 14.3. The molecule has 0 bridgehead atoms. The smallest absolute Gasteiger partial charge is 0.254 e. The van der Waals surface area contributed by atoms with Crippen LogP contribution < -0.4 is 15.6 Å². The number of amides is 1. The quantitative estimate of drug-likeness (QED) is 0.840. The van der Waals surface area contributed by atoms with Crippen LogP contribution in [0.1, 0.15) is 31.0 Å². The van der Waals surface area contributed by atoms with Gasteiger partial charge in [0.05, 0.1) is 19.1 Å². The molecule has 0 spiro atoms. The van der Waals surface area contributed by atoms with E-state index in [0.29, 0.717) is 6.54 Å². The lowest BCUT2D eigenvalue weighted by atomic mass is 10.1. The SMILES string of the molecule is COc1ccc(CCNC(=O)Cn2cnc(C(C)C)cc2=O)cc1. The van der Waals surface area contributed by atoms with E-state index in [4.69, 9.17) is 4.74 Å². The lowest BCUT2D eigenvalue weighted by molar-refractivity contribution is -0.121. The van der Waals surface area contributed by atoms with Gasteiger partial charge < -0.3 is 10.1 Å². The second-order valence-corrected chi connectivity index (χ2v) is 5.88. The fourth-order valence-corrected chi connectivity index (χ4v) is 2.22. The number of hydrogen-bond donors (Lipinski definition) is 1. The lowest BCUT2D eigenvalue weighted by Crippen LogP contribution is -2.33. The van der Waals surface area contributed by atoms with Crippen molar-refractivity contribution in [2.75, 3.05) is 13.7 Å². The molecular weight excluding hydrogens is 306 g/mol. The van der Waals surface area contributed by atoms with Gasteiger partial charge in [-0.1, -0.05) is 26.0 Å². The highest BCUT2D eigenvalue weighted by atomic mass is 16.5. The number of nitrogens with one attached hydrogen (secondary N) is 1. The standard InChI is InChI=1S/C18H23N3O3/c1-13(2)16-10-18(23)21(12-20-16)11-17(22)19-9-8-14-4-6-15(24-3)7-5-14/h4-7,10,12-13H,8-9,11H2,1-3H3,(H,19,22). The van der Waals surface area contributed by atoms with Crippen LogP contribution in [0, 0.1) is 0 Å². The second kappa shape index (κ2) is 8.29. The molecule has 6 heteroatoms. The van der Waals surface area contributed by atoms with Gasteiger partial charge in [0.25, 0.3) is 5.56 Å². The molecule has 0 saturated heterocycles. The van der Waals surface area contributed by atoms with Crippen LogP contribution in [0.4, 0.5) is 0 Å². The van der Waals surface area contributed by atoms with Gasteiger partial charge in [0.2, 0.25) is 5.91 Å². The van der Waals surface area contributed by atoms with E-state index in [1.165, 1.54) is 17.0 Å². The van der Waals surface area contributed by atoms with Crippen molar-refractivity contribution in [2.24, 2.45) is 0 Å². The van der Waals surface area contributed by atoms with Gasteiger partial charge in [0, 0.05) is 12.6 Å². The van der Waals surface area contributed by atoms with E-state index >= 15 is 0 Å². The van der Waals surface area contributed by atoms with Crippen LogP contribution in [0.25, 0.3) is 0 Å². The fourth-order valence-electron chi connectivity index (χ4n) is 2.22. The van der Waals surface area contributed by atoms with Crippen molar-refractivity contribution in [2.45, 2.75) is 32.7 Å². The van der Waals surface area contributed by atoms with Gasteiger partial charge in [-0.2, -0.15) is 0 Å². The molecule has 0 unspecified atom stereocenters.